The fourth-order valence-corrected chi connectivity index (χ4v) is 4.45. The Labute approximate surface area is 181 Å². The average Bonchev–Trinajstić information content (AvgIpc) is 3.31. The number of imidazole rings is 1. The summed E-state index contributed by atoms with van der Waals surface area (Å²) in [7, 11) is 1.66. The first-order valence-electron chi connectivity index (χ1n) is 10.7. The highest BCUT2D eigenvalue weighted by Gasteiger charge is 2.35. The van der Waals surface area contributed by atoms with Crippen LogP contribution in [0.25, 0.3) is 11.0 Å². The first kappa shape index (κ1) is 20.1. The Bertz CT molecular complexity index is 1100. The summed E-state index contributed by atoms with van der Waals surface area (Å²) in [4.78, 5) is 20.6. The van der Waals surface area contributed by atoms with Gasteiger partial charge >= 0.3 is 0 Å². The second-order valence-electron chi connectivity index (χ2n) is 9.05. The normalized spacial score (nSPS) is 19.4. The van der Waals surface area contributed by atoms with E-state index in [9.17, 15) is 5.11 Å². The maximum absolute atomic E-state index is 9.66. The number of ether oxygens (including phenoxy) is 2. The molecule has 0 aliphatic carbocycles. The predicted molar refractivity (Wildman–Crippen MR) is 115 cm³/mol. The highest BCUT2D eigenvalue weighted by atomic mass is 16.5. The van der Waals surface area contributed by atoms with Gasteiger partial charge in [0.1, 0.15) is 12.1 Å². The van der Waals surface area contributed by atoms with E-state index in [1.807, 2.05) is 6.07 Å². The maximum Gasteiger partial charge on any atom is 0.298 e. The van der Waals surface area contributed by atoms with Crippen LogP contribution in [0.1, 0.15) is 38.1 Å². The van der Waals surface area contributed by atoms with Crippen LogP contribution in [0.4, 0.5) is 5.95 Å². The highest BCUT2D eigenvalue weighted by molar-refractivity contribution is 5.77. The average molecular weight is 425 g/mol. The SMILES string of the molecule is COC1(CO)CCN(c2nccc(Cc3cc4c(cn3)nc3n4C(C)(C)CO3)n2)CC1. The number of rotatable bonds is 5. The molecular formula is C22H28N6O3. The molecule has 0 amide bonds. The number of anilines is 1. The van der Waals surface area contributed by atoms with E-state index in [4.69, 9.17) is 14.5 Å². The smallest absolute Gasteiger partial charge is 0.298 e. The van der Waals surface area contributed by atoms with Gasteiger partial charge in [-0.15, -0.1) is 0 Å². The molecule has 0 saturated carbocycles. The van der Waals surface area contributed by atoms with Crippen molar-refractivity contribution in [3.63, 3.8) is 0 Å². The van der Waals surface area contributed by atoms with E-state index in [1.165, 1.54) is 0 Å². The van der Waals surface area contributed by atoms with E-state index in [0.717, 1.165) is 48.4 Å². The van der Waals surface area contributed by atoms with Crippen LogP contribution in [0.15, 0.2) is 24.5 Å². The summed E-state index contributed by atoms with van der Waals surface area (Å²) in [5.74, 6) is 0.709. The number of aliphatic hydroxyl groups excluding tert-OH is 1. The van der Waals surface area contributed by atoms with Crippen molar-refractivity contribution in [2.45, 2.75) is 44.2 Å². The monoisotopic (exact) mass is 424 g/mol. The third-order valence-corrected chi connectivity index (χ3v) is 6.47. The molecule has 1 saturated heterocycles. The van der Waals surface area contributed by atoms with E-state index in [2.05, 4.69) is 44.3 Å². The first-order chi connectivity index (χ1) is 14.9. The van der Waals surface area contributed by atoms with Crippen molar-refractivity contribution in [2.24, 2.45) is 0 Å². The lowest BCUT2D eigenvalue weighted by Gasteiger charge is -2.39. The Hall–Kier alpha value is -2.78. The second-order valence-corrected chi connectivity index (χ2v) is 9.05. The van der Waals surface area contributed by atoms with Gasteiger partial charge in [-0.1, -0.05) is 0 Å². The van der Waals surface area contributed by atoms with Crippen LogP contribution in [-0.2, 0) is 16.7 Å². The van der Waals surface area contributed by atoms with Crippen LogP contribution in [-0.4, -0.2) is 68.6 Å². The van der Waals surface area contributed by atoms with Crippen molar-refractivity contribution in [1.29, 1.82) is 0 Å². The van der Waals surface area contributed by atoms with E-state index in [0.29, 0.717) is 25.0 Å². The summed E-state index contributed by atoms with van der Waals surface area (Å²) in [5.41, 5.74) is 3.14. The first-order valence-corrected chi connectivity index (χ1v) is 10.7. The molecule has 164 valence electrons. The van der Waals surface area contributed by atoms with Crippen molar-refractivity contribution >= 4 is 17.0 Å². The van der Waals surface area contributed by atoms with Gasteiger partial charge in [0.25, 0.3) is 6.01 Å². The molecule has 9 heteroatoms. The number of hydrogen-bond acceptors (Lipinski definition) is 8. The lowest BCUT2D eigenvalue weighted by Crippen LogP contribution is -2.48. The predicted octanol–water partition coefficient (Wildman–Crippen LogP) is 1.92. The van der Waals surface area contributed by atoms with Gasteiger partial charge in [0, 0.05) is 38.5 Å². The fraction of sp³-hybridized carbons (Fsp3) is 0.545. The third-order valence-electron chi connectivity index (χ3n) is 6.47. The molecule has 0 bridgehead atoms. The van der Waals surface area contributed by atoms with Crippen molar-refractivity contribution in [2.75, 3.05) is 38.3 Å². The minimum Gasteiger partial charge on any atom is -0.462 e. The molecule has 0 unspecified atom stereocenters. The van der Waals surface area contributed by atoms with Gasteiger partial charge in [-0.25, -0.2) is 9.97 Å². The zero-order valence-corrected chi connectivity index (χ0v) is 18.2. The van der Waals surface area contributed by atoms with Gasteiger partial charge < -0.3 is 19.5 Å². The molecule has 1 fully saturated rings. The summed E-state index contributed by atoms with van der Waals surface area (Å²) in [5, 5.41) is 9.66. The number of piperidine rings is 1. The minimum absolute atomic E-state index is 0.0343. The largest absolute Gasteiger partial charge is 0.462 e. The van der Waals surface area contributed by atoms with Gasteiger partial charge in [-0.05, 0) is 38.8 Å². The molecule has 31 heavy (non-hydrogen) atoms. The molecule has 3 aromatic heterocycles. The third kappa shape index (κ3) is 3.51. The van der Waals surface area contributed by atoms with Crippen molar-refractivity contribution in [3.8, 4) is 6.01 Å². The molecule has 0 radical (unpaired) electrons. The van der Waals surface area contributed by atoms with Crippen LogP contribution in [0.5, 0.6) is 6.01 Å². The van der Waals surface area contributed by atoms with Crippen LogP contribution < -0.4 is 9.64 Å². The van der Waals surface area contributed by atoms with Crippen LogP contribution in [0.3, 0.4) is 0 Å². The molecule has 2 aliphatic heterocycles. The lowest BCUT2D eigenvalue weighted by atomic mass is 9.92. The summed E-state index contributed by atoms with van der Waals surface area (Å²) in [6.45, 7) is 6.45. The topological polar surface area (TPSA) is 98.4 Å². The molecule has 2 aliphatic rings. The Morgan fingerprint density at radius 3 is 2.71 bits per heavy atom. The molecule has 3 aromatic rings. The van der Waals surface area contributed by atoms with Crippen molar-refractivity contribution in [1.82, 2.24) is 24.5 Å². The molecule has 0 aromatic carbocycles. The van der Waals surface area contributed by atoms with Gasteiger partial charge in [-0.2, -0.15) is 4.98 Å². The summed E-state index contributed by atoms with van der Waals surface area (Å²) in [6.07, 6.45) is 5.71. The summed E-state index contributed by atoms with van der Waals surface area (Å²) >= 11 is 0. The maximum atomic E-state index is 9.66. The van der Waals surface area contributed by atoms with Gasteiger partial charge in [0.05, 0.1) is 35.2 Å². The zero-order chi connectivity index (χ0) is 21.6. The minimum atomic E-state index is -0.448. The van der Waals surface area contributed by atoms with E-state index >= 15 is 0 Å². The second kappa shape index (κ2) is 7.42. The Balaban J connectivity index is 1.36. The van der Waals surface area contributed by atoms with Crippen LogP contribution in [0.2, 0.25) is 0 Å². The van der Waals surface area contributed by atoms with Gasteiger partial charge in [0.15, 0.2) is 0 Å². The van der Waals surface area contributed by atoms with E-state index in [1.54, 1.807) is 19.5 Å². The van der Waals surface area contributed by atoms with E-state index < -0.39 is 5.60 Å². The van der Waals surface area contributed by atoms with Gasteiger partial charge in [0.2, 0.25) is 5.95 Å². The lowest BCUT2D eigenvalue weighted by molar-refractivity contribution is -0.0674. The molecule has 0 spiro atoms. The molecule has 5 rings (SSSR count). The fourth-order valence-electron chi connectivity index (χ4n) is 4.45. The standard InChI is InChI=1S/C22H28N6O3/c1-21(2)14-31-20-26-17-12-24-16(11-18(17)28(20)21)10-15-4-7-23-19(25-15)27-8-5-22(13-29,30-3)6-9-27/h4,7,11-12,29H,5-6,8-10,13-14H2,1-3H3. The quantitative estimate of drug-likeness (QED) is 0.663. The number of methoxy groups -OCH3 is 1. The van der Waals surface area contributed by atoms with E-state index in [-0.39, 0.29) is 12.1 Å². The summed E-state index contributed by atoms with van der Waals surface area (Å²) in [6, 6.07) is 4.67. The Kier molecular flexibility index (Phi) is 4.82. The summed E-state index contributed by atoms with van der Waals surface area (Å²) < 4.78 is 13.4. The molecular weight excluding hydrogens is 396 g/mol. The van der Waals surface area contributed by atoms with Crippen molar-refractivity contribution < 1.29 is 14.6 Å². The molecule has 9 nitrogen and oxygen atoms in total. The zero-order valence-electron chi connectivity index (χ0n) is 18.2. The Morgan fingerprint density at radius 1 is 1.16 bits per heavy atom. The number of aliphatic hydroxyl groups is 1. The highest BCUT2D eigenvalue weighted by Crippen LogP contribution is 2.35. The van der Waals surface area contributed by atoms with Crippen molar-refractivity contribution in [3.05, 3.63) is 35.9 Å². The number of fused-ring (bicyclic) bond motifs is 3. The van der Waals surface area contributed by atoms with Crippen LogP contribution in [0, 0.1) is 0 Å². The molecule has 5 heterocycles. The number of hydrogen-bond donors (Lipinski definition) is 1. The number of aromatic nitrogens is 5. The molecule has 0 atom stereocenters. The number of nitrogens with zero attached hydrogens (tertiary/aromatic N) is 6. The van der Waals surface area contributed by atoms with Crippen LogP contribution >= 0.6 is 0 Å². The Morgan fingerprint density at radius 2 is 1.97 bits per heavy atom. The molecule has 1 N–H and O–H groups in total. The number of pyridine rings is 1. The van der Waals surface area contributed by atoms with Gasteiger partial charge in [-0.3, -0.25) is 9.55 Å².